The monoisotopic (exact) mass is 194 g/mol. The maximum absolute atomic E-state index is 11.9. The van der Waals surface area contributed by atoms with Gasteiger partial charge in [-0.3, -0.25) is 4.79 Å². The second-order valence-corrected chi connectivity index (χ2v) is 4.50. The van der Waals surface area contributed by atoms with Gasteiger partial charge >= 0.3 is 0 Å². The van der Waals surface area contributed by atoms with Gasteiger partial charge in [0.25, 0.3) is 0 Å². The van der Waals surface area contributed by atoms with Gasteiger partial charge in [-0.15, -0.1) is 6.58 Å². The summed E-state index contributed by atoms with van der Waals surface area (Å²) in [7, 11) is 0. The van der Waals surface area contributed by atoms with E-state index in [0.29, 0.717) is 18.1 Å². The summed E-state index contributed by atoms with van der Waals surface area (Å²) in [6.07, 6.45) is 7.66. The first kappa shape index (κ1) is 9.91. The Morgan fingerprint density at radius 1 is 1.57 bits per heavy atom. The number of carbonyl (C=O) groups is 1. The van der Waals surface area contributed by atoms with Crippen LogP contribution < -0.4 is 0 Å². The Hall–Kier alpha value is -0.630. The van der Waals surface area contributed by atoms with Crippen LogP contribution in [0.1, 0.15) is 38.5 Å². The molecule has 1 aliphatic heterocycles. The Bertz CT molecular complexity index is 239. The number of ether oxygens (including phenoxy) is 1. The fourth-order valence-electron chi connectivity index (χ4n) is 2.68. The Morgan fingerprint density at radius 3 is 3.00 bits per heavy atom. The maximum Gasteiger partial charge on any atom is 0.164 e. The first-order valence-corrected chi connectivity index (χ1v) is 5.55. The molecule has 2 heteroatoms. The van der Waals surface area contributed by atoms with E-state index in [1.807, 2.05) is 6.08 Å². The van der Waals surface area contributed by atoms with Gasteiger partial charge in [0.2, 0.25) is 0 Å². The molecule has 2 aliphatic rings. The molecule has 0 amide bonds. The van der Waals surface area contributed by atoms with E-state index >= 15 is 0 Å². The summed E-state index contributed by atoms with van der Waals surface area (Å²) in [6.45, 7) is 4.50. The molecule has 1 heterocycles. The normalized spacial score (nSPS) is 37.7. The molecule has 2 atom stereocenters. The summed E-state index contributed by atoms with van der Waals surface area (Å²) >= 11 is 0. The lowest BCUT2D eigenvalue weighted by molar-refractivity contribution is -0.144. The van der Waals surface area contributed by atoms with E-state index in [1.165, 1.54) is 0 Å². The van der Waals surface area contributed by atoms with E-state index in [1.54, 1.807) is 0 Å². The number of Topliss-reactive ketones (excluding diaryl/α,β-unsaturated/α-hetero) is 1. The highest BCUT2D eigenvalue weighted by Gasteiger charge is 2.45. The van der Waals surface area contributed by atoms with Crippen LogP contribution in [0.2, 0.25) is 0 Å². The Morgan fingerprint density at radius 2 is 2.43 bits per heavy atom. The average Bonchev–Trinajstić information content (AvgIpc) is 2.62. The van der Waals surface area contributed by atoms with Gasteiger partial charge in [0.1, 0.15) is 5.60 Å². The first-order valence-electron chi connectivity index (χ1n) is 5.55. The fourth-order valence-corrected chi connectivity index (χ4v) is 2.68. The third-order valence-electron chi connectivity index (χ3n) is 3.54. The van der Waals surface area contributed by atoms with Crippen LogP contribution in [0.5, 0.6) is 0 Å². The van der Waals surface area contributed by atoms with Crippen LogP contribution in [-0.4, -0.2) is 18.0 Å². The van der Waals surface area contributed by atoms with Gasteiger partial charge in [-0.25, -0.2) is 0 Å². The molecular formula is C12H18O2. The van der Waals surface area contributed by atoms with Crippen LogP contribution in [-0.2, 0) is 9.53 Å². The van der Waals surface area contributed by atoms with Crippen LogP contribution in [0.25, 0.3) is 0 Å². The van der Waals surface area contributed by atoms with Gasteiger partial charge < -0.3 is 4.74 Å². The summed E-state index contributed by atoms with van der Waals surface area (Å²) in [4.78, 5) is 11.9. The SMILES string of the molecule is C=CC[C@@H]1CC[C@@]2(CCCO2)C(=O)C1. The van der Waals surface area contributed by atoms with Crippen molar-refractivity contribution in [3.8, 4) is 0 Å². The number of hydrogen-bond donors (Lipinski definition) is 0. The van der Waals surface area contributed by atoms with Crippen molar-refractivity contribution in [1.29, 1.82) is 0 Å². The van der Waals surface area contributed by atoms with Crippen molar-refractivity contribution in [2.45, 2.75) is 44.1 Å². The molecule has 1 saturated carbocycles. The van der Waals surface area contributed by atoms with Crippen LogP contribution >= 0.6 is 0 Å². The lowest BCUT2D eigenvalue weighted by atomic mass is 9.75. The van der Waals surface area contributed by atoms with Crippen LogP contribution in [0, 0.1) is 5.92 Å². The standard InChI is InChI=1S/C12H18O2/c1-2-4-10-5-7-12(11(13)9-10)6-3-8-14-12/h2,10H,1,3-9H2/t10-,12+/m1/s1. The Labute approximate surface area is 85.3 Å². The molecule has 1 saturated heterocycles. The number of carbonyl (C=O) groups excluding carboxylic acids is 1. The van der Waals surface area contributed by atoms with E-state index < -0.39 is 0 Å². The lowest BCUT2D eigenvalue weighted by Gasteiger charge is -2.34. The minimum Gasteiger partial charge on any atom is -0.367 e. The van der Waals surface area contributed by atoms with E-state index in [0.717, 1.165) is 38.7 Å². The Balaban J connectivity index is 1.99. The van der Waals surface area contributed by atoms with Gasteiger partial charge in [-0.2, -0.15) is 0 Å². The van der Waals surface area contributed by atoms with Crippen molar-refractivity contribution < 1.29 is 9.53 Å². The smallest absolute Gasteiger partial charge is 0.164 e. The number of hydrogen-bond acceptors (Lipinski definition) is 2. The van der Waals surface area contributed by atoms with Gasteiger partial charge in [-0.1, -0.05) is 6.08 Å². The average molecular weight is 194 g/mol. The molecule has 0 radical (unpaired) electrons. The molecule has 14 heavy (non-hydrogen) atoms. The molecule has 78 valence electrons. The molecule has 0 N–H and O–H groups in total. The van der Waals surface area contributed by atoms with Crippen LogP contribution in [0.15, 0.2) is 12.7 Å². The molecule has 0 bridgehead atoms. The maximum atomic E-state index is 11.9. The molecule has 0 aromatic carbocycles. The first-order chi connectivity index (χ1) is 6.77. The topological polar surface area (TPSA) is 26.3 Å². The number of rotatable bonds is 2. The Kier molecular flexibility index (Phi) is 2.73. The zero-order chi connectivity index (χ0) is 10.0. The largest absolute Gasteiger partial charge is 0.367 e. The zero-order valence-corrected chi connectivity index (χ0v) is 8.63. The van der Waals surface area contributed by atoms with Crippen molar-refractivity contribution in [2.75, 3.05) is 6.61 Å². The van der Waals surface area contributed by atoms with Crippen molar-refractivity contribution >= 4 is 5.78 Å². The number of ketones is 1. The second-order valence-electron chi connectivity index (χ2n) is 4.50. The summed E-state index contributed by atoms with van der Waals surface area (Å²) in [5, 5.41) is 0. The molecule has 1 aliphatic carbocycles. The number of allylic oxidation sites excluding steroid dienone is 1. The molecule has 2 nitrogen and oxygen atoms in total. The molecule has 2 rings (SSSR count). The highest BCUT2D eigenvalue weighted by Crippen LogP contribution is 2.39. The summed E-state index contributed by atoms with van der Waals surface area (Å²) in [5.41, 5.74) is -0.363. The van der Waals surface area contributed by atoms with Crippen molar-refractivity contribution in [3.05, 3.63) is 12.7 Å². The predicted molar refractivity (Wildman–Crippen MR) is 55.1 cm³/mol. The van der Waals surface area contributed by atoms with Crippen molar-refractivity contribution in [2.24, 2.45) is 5.92 Å². The van der Waals surface area contributed by atoms with Gasteiger partial charge in [0.05, 0.1) is 0 Å². The van der Waals surface area contributed by atoms with Crippen LogP contribution in [0.4, 0.5) is 0 Å². The predicted octanol–water partition coefficient (Wildman–Crippen LogP) is 2.48. The third-order valence-corrected chi connectivity index (χ3v) is 3.54. The molecule has 2 fully saturated rings. The highest BCUT2D eigenvalue weighted by molar-refractivity contribution is 5.88. The van der Waals surface area contributed by atoms with Gasteiger partial charge in [0.15, 0.2) is 5.78 Å². The zero-order valence-electron chi connectivity index (χ0n) is 8.63. The van der Waals surface area contributed by atoms with Crippen molar-refractivity contribution in [1.82, 2.24) is 0 Å². The molecular weight excluding hydrogens is 176 g/mol. The molecule has 0 aromatic heterocycles. The quantitative estimate of drug-likeness (QED) is 0.631. The van der Waals surface area contributed by atoms with Crippen LogP contribution in [0.3, 0.4) is 0 Å². The van der Waals surface area contributed by atoms with E-state index in [9.17, 15) is 4.79 Å². The highest BCUT2D eigenvalue weighted by atomic mass is 16.5. The second kappa shape index (κ2) is 3.85. The van der Waals surface area contributed by atoms with E-state index in [4.69, 9.17) is 4.74 Å². The minimum absolute atomic E-state index is 0.341. The summed E-state index contributed by atoms with van der Waals surface area (Å²) in [5.74, 6) is 0.864. The third kappa shape index (κ3) is 1.63. The van der Waals surface area contributed by atoms with Gasteiger partial charge in [-0.05, 0) is 38.0 Å². The fraction of sp³-hybridized carbons (Fsp3) is 0.750. The molecule has 0 unspecified atom stereocenters. The lowest BCUT2D eigenvalue weighted by Crippen LogP contribution is -2.42. The summed E-state index contributed by atoms with van der Waals surface area (Å²) < 4.78 is 5.64. The summed E-state index contributed by atoms with van der Waals surface area (Å²) in [6, 6.07) is 0. The minimum atomic E-state index is -0.363. The molecule has 1 spiro atoms. The van der Waals surface area contributed by atoms with Crippen molar-refractivity contribution in [3.63, 3.8) is 0 Å². The van der Waals surface area contributed by atoms with E-state index in [2.05, 4.69) is 6.58 Å². The van der Waals surface area contributed by atoms with Gasteiger partial charge in [0, 0.05) is 13.0 Å². The molecule has 0 aromatic rings. The van der Waals surface area contributed by atoms with E-state index in [-0.39, 0.29) is 5.60 Å².